The number of hydrogen-bond donors (Lipinski definition) is 3. The molecule has 1 saturated heterocycles. The molecule has 0 unspecified atom stereocenters. The van der Waals surface area contributed by atoms with Gasteiger partial charge in [0.05, 0.1) is 17.5 Å². The van der Waals surface area contributed by atoms with E-state index in [0.717, 1.165) is 11.1 Å². The van der Waals surface area contributed by atoms with Crippen molar-refractivity contribution in [3.05, 3.63) is 108 Å². The van der Waals surface area contributed by atoms with E-state index in [9.17, 15) is 27.6 Å². The molecule has 2 heterocycles. The lowest BCUT2D eigenvalue weighted by Gasteiger charge is -2.30. The third-order valence-electron chi connectivity index (χ3n) is 9.21. The van der Waals surface area contributed by atoms with Gasteiger partial charge in [-0.3, -0.25) is 19.1 Å². The van der Waals surface area contributed by atoms with Crippen molar-refractivity contribution in [2.75, 3.05) is 6.54 Å². The highest BCUT2D eigenvalue weighted by Crippen LogP contribution is 2.30. The molecule has 15 heteroatoms. The minimum absolute atomic E-state index is 0.00301. The van der Waals surface area contributed by atoms with Crippen molar-refractivity contribution in [3.63, 3.8) is 0 Å². The molecule has 284 valence electrons. The van der Waals surface area contributed by atoms with Gasteiger partial charge in [0, 0.05) is 31.4 Å². The fourth-order valence-electron chi connectivity index (χ4n) is 6.39. The van der Waals surface area contributed by atoms with Crippen molar-refractivity contribution in [2.45, 2.75) is 87.9 Å². The molecule has 1 aliphatic heterocycles. The molecular weight excluding hydrogens is 711 g/mol. The summed E-state index contributed by atoms with van der Waals surface area (Å²) in [5.41, 5.74) is 2.07. The zero-order valence-electron chi connectivity index (χ0n) is 30.4. The van der Waals surface area contributed by atoms with Crippen LogP contribution in [0.5, 0.6) is 0 Å². The van der Waals surface area contributed by atoms with Gasteiger partial charge in [-0.15, -0.1) is 5.10 Å². The van der Waals surface area contributed by atoms with Gasteiger partial charge < -0.3 is 20.3 Å². The number of carbonyl (C=O) groups is 4. The quantitative estimate of drug-likeness (QED) is 0.184. The van der Waals surface area contributed by atoms with E-state index in [-0.39, 0.29) is 25.8 Å². The van der Waals surface area contributed by atoms with Crippen molar-refractivity contribution >= 4 is 33.8 Å². The molecule has 3 aromatic carbocycles. The van der Waals surface area contributed by atoms with Crippen LogP contribution < -0.4 is 15.4 Å². The topological polar surface area (TPSA) is 182 Å². The number of likely N-dealkylation sites (tertiary alicyclic amines) is 1. The van der Waals surface area contributed by atoms with Gasteiger partial charge in [0.15, 0.2) is 0 Å². The summed E-state index contributed by atoms with van der Waals surface area (Å²) >= 11 is 0. The van der Waals surface area contributed by atoms with Crippen LogP contribution >= 0.6 is 0 Å². The number of ether oxygens (including phenoxy) is 1. The van der Waals surface area contributed by atoms with E-state index in [1.54, 1.807) is 62.0 Å². The van der Waals surface area contributed by atoms with Crippen molar-refractivity contribution < 1.29 is 32.3 Å². The number of nitrogens with one attached hydrogen (secondary N) is 3. The van der Waals surface area contributed by atoms with E-state index in [0.29, 0.717) is 24.1 Å². The predicted molar refractivity (Wildman–Crippen MR) is 200 cm³/mol. The Hall–Kier alpha value is -5.57. The maximum absolute atomic E-state index is 14.6. The maximum Gasteiger partial charge on any atom is 0.408 e. The largest absolute Gasteiger partial charge is 0.444 e. The maximum atomic E-state index is 14.6. The summed E-state index contributed by atoms with van der Waals surface area (Å²) in [6.07, 6.45) is 2.06. The minimum Gasteiger partial charge on any atom is -0.444 e. The number of aromatic nitrogens is 3. The van der Waals surface area contributed by atoms with Gasteiger partial charge in [0.1, 0.15) is 29.4 Å². The number of carbonyl (C=O) groups excluding carboxylic acids is 4. The Morgan fingerprint density at radius 3 is 1.98 bits per heavy atom. The van der Waals surface area contributed by atoms with Crippen LogP contribution in [0.2, 0.25) is 0 Å². The second-order valence-corrected chi connectivity index (χ2v) is 16.7. The van der Waals surface area contributed by atoms with Gasteiger partial charge >= 0.3 is 6.09 Å². The first kappa shape index (κ1) is 38.2. The van der Waals surface area contributed by atoms with Crippen molar-refractivity contribution in [2.24, 2.45) is 0 Å². The average molecular weight is 756 g/mol. The molecule has 6 rings (SSSR count). The molecule has 1 aromatic heterocycles. The SMILES string of the molecule is CC(C)(C)OC(=O)N[C@@H](Cc1ccccc1)C(=O)N1C[C@@H](n2cc(-c3ccccc3)nn2)C[C@H]1C(=O)N[C@H](Cc1ccccc1)C(=O)NS(=O)(=O)C1CC1. The average Bonchev–Trinajstić information content (AvgIpc) is 3.73. The van der Waals surface area contributed by atoms with Crippen molar-refractivity contribution in [1.29, 1.82) is 0 Å². The highest BCUT2D eigenvalue weighted by molar-refractivity contribution is 7.90. The van der Waals surface area contributed by atoms with Gasteiger partial charge in [0.2, 0.25) is 21.8 Å². The molecule has 0 spiro atoms. The highest BCUT2D eigenvalue weighted by Gasteiger charge is 2.45. The fourth-order valence-corrected chi connectivity index (χ4v) is 7.74. The molecule has 1 saturated carbocycles. The normalized spacial score (nSPS) is 18.3. The zero-order valence-corrected chi connectivity index (χ0v) is 31.2. The Balaban J connectivity index is 1.31. The van der Waals surface area contributed by atoms with Gasteiger partial charge in [0.25, 0.3) is 5.91 Å². The zero-order chi connectivity index (χ0) is 38.5. The van der Waals surface area contributed by atoms with Crippen LogP contribution in [0.15, 0.2) is 97.2 Å². The van der Waals surface area contributed by atoms with Crippen molar-refractivity contribution in [1.82, 2.24) is 35.2 Å². The number of sulfonamides is 1. The van der Waals surface area contributed by atoms with Gasteiger partial charge in [-0.25, -0.2) is 17.9 Å². The number of benzene rings is 3. The standard InChI is InChI=1S/C39H45N7O7S/c1-39(2,3)53-38(50)41-32(22-27-15-9-5-10-16-27)37(49)45-24-29(46-25-33(42-44-46)28-17-11-6-12-18-28)23-34(45)36(48)40-31(21-26-13-7-4-8-14-26)35(47)43-54(51,52)30-19-20-30/h4-18,25,29-32,34H,19-24H2,1-3H3,(H,40,48)(H,41,50)(H,43,47)/t29-,31+,32-,34-/m0/s1. The molecule has 2 aliphatic rings. The van der Waals surface area contributed by atoms with Crippen LogP contribution in [0.25, 0.3) is 11.3 Å². The molecule has 0 bridgehead atoms. The van der Waals surface area contributed by atoms with E-state index >= 15 is 0 Å². The second kappa shape index (κ2) is 16.2. The second-order valence-electron chi connectivity index (χ2n) is 14.7. The predicted octanol–water partition coefficient (Wildman–Crippen LogP) is 3.56. The van der Waals surface area contributed by atoms with E-state index in [4.69, 9.17) is 4.74 Å². The number of hydrogen-bond acceptors (Lipinski definition) is 9. The molecule has 4 atom stereocenters. The Morgan fingerprint density at radius 1 is 0.833 bits per heavy atom. The summed E-state index contributed by atoms with van der Waals surface area (Å²) in [7, 11) is -3.92. The lowest BCUT2D eigenvalue weighted by Crippen LogP contribution is -2.57. The van der Waals surface area contributed by atoms with Crippen LogP contribution in [0.4, 0.5) is 4.79 Å². The lowest BCUT2D eigenvalue weighted by molar-refractivity contribution is -0.140. The molecular formula is C39H45N7O7S. The summed E-state index contributed by atoms with van der Waals surface area (Å²) in [5.74, 6) is -2.08. The summed E-state index contributed by atoms with van der Waals surface area (Å²) in [6, 6.07) is 23.5. The highest BCUT2D eigenvalue weighted by atomic mass is 32.2. The van der Waals surface area contributed by atoms with Crippen LogP contribution in [-0.4, -0.2) is 87.6 Å². The van der Waals surface area contributed by atoms with Crippen LogP contribution in [0.1, 0.15) is 57.2 Å². The van der Waals surface area contributed by atoms with Crippen LogP contribution in [-0.2, 0) is 42.0 Å². The number of amides is 4. The molecule has 1 aliphatic carbocycles. The van der Waals surface area contributed by atoms with Crippen molar-refractivity contribution in [3.8, 4) is 11.3 Å². The van der Waals surface area contributed by atoms with Crippen LogP contribution in [0, 0.1) is 0 Å². The molecule has 14 nitrogen and oxygen atoms in total. The Labute approximate surface area is 314 Å². The Bertz CT molecular complexity index is 2050. The Morgan fingerprint density at radius 2 is 1.41 bits per heavy atom. The first-order valence-corrected chi connectivity index (χ1v) is 19.5. The molecule has 4 aromatic rings. The van der Waals surface area contributed by atoms with E-state index in [2.05, 4.69) is 25.7 Å². The van der Waals surface area contributed by atoms with E-state index in [1.807, 2.05) is 60.7 Å². The minimum atomic E-state index is -3.92. The lowest BCUT2D eigenvalue weighted by atomic mass is 10.0. The smallest absolute Gasteiger partial charge is 0.408 e. The summed E-state index contributed by atoms with van der Waals surface area (Å²) in [6.45, 7) is 5.17. The first-order valence-electron chi connectivity index (χ1n) is 18.0. The molecule has 3 N–H and O–H groups in total. The first-order chi connectivity index (χ1) is 25.8. The number of alkyl carbamates (subject to hydrolysis) is 1. The Kier molecular flexibility index (Phi) is 11.5. The molecule has 4 amide bonds. The fraction of sp³-hybridized carbons (Fsp3) is 0.385. The van der Waals surface area contributed by atoms with Gasteiger partial charge in [-0.1, -0.05) is 96.2 Å². The summed E-state index contributed by atoms with van der Waals surface area (Å²) in [4.78, 5) is 57.0. The third-order valence-corrected chi connectivity index (χ3v) is 11.0. The summed E-state index contributed by atoms with van der Waals surface area (Å²) < 4.78 is 34.9. The molecule has 54 heavy (non-hydrogen) atoms. The number of rotatable bonds is 13. The van der Waals surface area contributed by atoms with Crippen LogP contribution in [0.3, 0.4) is 0 Å². The molecule has 2 fully saturated rings. The molecule has 0 radical (unpaired) electrons. The number of nitrogens with zero attached hydrogens (tertiary/aromatic N) is 4. The van der Waals surface area contributed by atoms with E-state index in [1.165, 1.54) is 4.90 Å². The van der Waals surface area contributed by atoms with Gasteiger partial charge in [-0.05, 0) is 44.7 Å². The van der Waals surface area contributed by atoms with Gasteiger partial charge in [-0.2, -0.15) is 0 Å². The van der Waals surface area contributed by atoms with E-state index < -0.39 is 68.9 Å². The summed E-state index contributed by atoms with van der Waals surface area (Å²) in [5, 5.41) is 13.5. The monoisotopic (exact) mass is 755 g/mol. The third kappa shape index (κ3) is 9.89.